The van der Waals surface area contributed by atoms with E-state index in [0.717, 1.165) is 47.8 Å². The van der Waals surface area contributed by atoms with Gasteiger partial charge in [0.1, 0.15) is 5.69 Å². The fourth-order valence-electron chi connectivity index (χ4n) is 3.83. The molecule has 3 heterocycles. The summed E-state index contributed by atoms with van der Waals surface area (Å²) in [5, 5.41) is 4.94. The predicted octanol–water partition coefficient (Wildman–Crippen LogP) is 6.02. The van der Waals surface area contributed by atoms with Crippen LogP contribution in [0.2, 0.25) is 5.02 Å². The van der Waals surface area contributed by atoms with Gasteiger partial charge in [0.05, 0.1) is 5.02 Å². The molecule has 0 atom stereocenters. The van der Waals surface area contributed by atoms with Gasteiger partial charge in [0, 0.05) is 43.7 Å². The Hall–Kier alpha value is -3.64. The Morgan fingerprint density at radius 3 is 2.61 bits per heavy atom. The molecule has 3 aromatic rings. The molecule has 0 radical (unpaired) electrons. The first-order valence-electron chi connectivity index (χ1n) is 10.9. The van der Waals surface area contributed by atoms with Gasteiger partial charge in [-0.1, -0.05) is 53.2 Å². The molecule has 0 bridgehead atoms. The van der Waals surface area contributed by atoms with Crippen molar-refractivity contribution in [1.29, 1.82) is 0 Å². The largest absolute Gasteiger partial charge is 0.454 e. The summed E-state index contributed by atoms with van der Waals surface area (Å²) < 4.78 is 16.8. The minimum atomic E-state index is 0.261. The molecule has 0 N–H and O–H groups in total. The first-order chi connectivity index (χ1) is 16.3. The number of hydrogen-bond donors (Lipinski definition) is 0. The maximum atomic E-state index is 6.37. The van der Waals surface area contributed by atoms with Crippen molar-refractivity contribution in [1.82, 2.24) is 10.1 Å². The zero-order valence-electron chi connectivity index (χ0n) is 18.1. The Balaban J connectivity index is 1.34. The average molecular weight is 462 g/mol. The van der Waals surface area contributed by atoms with Crippen LogP contribution in [0.5, 0.6) is 11.5 Å². The summed E-state index contributed by atoms with van der Waals surface area (Å²) >= 11 is 6.37. The van der Waals surface area contributed by atoms with E-state index in [1.54, 1.807) is 0 Å². The van der Waals surface area contributed by atoms with Crippen LogP contribution in [0, 0.1) is 0 Å². The summed E-state index contributed by atoms with van der Waals surface area (Å²) in [5.74, 6) is 2.25. The SMILES string of the molecule is Clc1ccccc1-c1cc(N(CCCN2C=CC=CC=C2)Cc2ccc3c(c2)OCO3)on1. The van der Waals surface area contributed by atoms with Gasteiger partial charge in [0.2, 0.25) is 12.7 Å². The van der Waals surface area contributed by atoms with E-state index >= 15 is 0 Å². The fraction of sp³-hybridized carbons (Fsp3) is 0.192. The molecule has 5 rings (SSSR count). The molecular formula is C26H24ClN3O3. The smallest absolute Gasteiger partial charge is 0.231 e. The highest BCUT2D eigenvalue weighted by atomic mass is 35.5. The van der Waals surface area contributed by atoms with Gasteiger partial charge in [0.15, 0.2) is 11.5 Å². The van der Waals surface area contributed by atoms with E-state index in [0.29, 0.717) is 17.5 Å². The lowest BCUT2D eigenvalue weighted by molar-refractivity contribution is 0.174. The van der Waals surface area contributed by atoms with Crippen LogP contribution in [0.1, 0.15) is 12.0 Å². The highest BCUT2D eigenvalue weighted by Crippen LogP contribution is 2.34. The Kier molecular flexibility index (Phi) is 6.35. The topological polar surface area (TPSA) is 51.0 Å². The minimum Gasteiger partial charge on any atom is -0.454 e. The Morgan fingerprint density at radius 1 is 0.939 bits per heavy atom. The molecule has 1 aromatic heterocycles. The molecule has 6 nitrogen and oxygen atoms in total. The van der Waals surface area contributed by atoms with Crippen LogP contribution in [-0.4, -0.2) is 29.9 Å². The van der Waals surface area contributed by atoms with E-state index in [1.807, 2.05) is 66.8 Å². The zero-order chi connectivity index (χ0) is 22.5. The van der Waals surface area contributed by atoms with E-state index in [2.05, 4.69) is 33.4 Å². The lowest BCUT2D eigenvalue weighted by Crippen LogP contribution is -2.26. The maximum Gasteiger partial charge on any atom is 0.231 e. The van der Waals surface area contributed by atoms with Gasteiger partial charge in [-0.2, -0.15) is 0 Å². The van der Waals surface area contributed by atoms with E-state index in [-0.39, 0.29) is 6.79 Å². The molecule has 2 aromatic carbocycles. The van der Waals surface area contributed by atoms with Gasteiger partial charge in [0.25, 0.3) is 0 Å². The summed E-state index contributed by atoms with van der Waals surface area (Å²) in [6, 6.07) is 15.6. The molecule has 2 aliphatic rings. The second kappa shape index (κ2) is 9.88. The number of hydrogen-bond acceptors (Lipinski definition) is 6. The van der Waals surface area contributed by atoms with Crippen LogP contribution >= 0.6 is 11.6 Å². The van der Waals surface area contributed by atoms with Gasteiger partial charge < -0.3 is 23.8 Å². The number of rotatable bonds is 8. The molecule has 0 unspecified atom stereocenters. The third-order valence-corrected chi connectivity index (χ3v) is 5.83. The van der Waals surface area contributed by atoms with Crippen LogP contribution in [0.3, 0.4) is 0 Å². The molecule has 0 fully saturated rings. The molecular weight excluding hydrogens is 438 g/mol. The quantitative estimate of drug-likeness (QED) is 0.409. The number of halogens is 1. The normalized spacial score (nSPS) is 14.0. The van der Waals surface area contributed by atoms with Crippen LogP contribution in [0.25, 0.3) is 11.3 Å². The fourth-order valence-corrected chi connectivity index (χ4v) is 4.06. The van der Waals surface area contributed by atoms with E-state index in [9.17, 15) is 0 Å². The van der Waals surface area contributed by atoms with Crippen molar-refractivity contribution in [3.63, 3.8) is 0 Å². The van der Waals surface area contributed by atoms with Crippen LogP contribution in [0.4, 0.5) is 5.88 Å². The first kappa shape index (κ1) is 21.2. The predicted molar refractivity (Wildman–Crippen MR) is 129 cm³/mol. The second-order valence-electron chi connectivity index (χ2n) is 7.80. The molecule has 7 heteroatoms. The van der Waals surface area contributed by atoms with Gasteiger partial charge >= 0.3 is 0 Å². The third-order valence-electron chi connectivity index (χ3n) is 5.50. The molecule has 0 saturated heterocycles. The summed E-state index contributed by atoms with van der Waals surface area (Å²) in [6.45, 7) is 2.59. The summed E-state index contributed by atoms with van der Waals surface area (Å²) in [4.78, 5) is 4.36. The van der Waals surface area contributed by atoms with Crippen molar-refractivity contribution < 1.29 is 14.0 Å². The van der Waals surface area contributed by atoms with Gasteiger partial charge in [-0.05, 0) is 42.3 Å². The highest BCUT2D eigenvalue weighted by molar-refractivity contribution is 6.33. The lowest BCUT2D eigenvalue weighted by atomic mass is 10.1. The van der Waals surface area contributed by atoms with Gasteiger partial charge in [-0.25, -0.2) is 0 Å². The van der Waals surface area contributed by atoms with E-state index < -0.39 is 0 Å². The third kappa shape index (κ3) is 5.07. The standard InChI is InChI=1S/C26H24ClN3O3/c27-22-9-4-3-8-21(22)23-17-26(33-28-23)30(15-7-14-29-12-5-1-2-6-13-29)18-20-10-11-24-25(16-20)32-19-31-24/h1-6,8-13,16-17H,7,14-15,18-19H2. The van der Waals surface area contributed by atoms with Gasteiger partial charge in [-0.15, -0.1) is 0 Å². The molecule has 0 aliphatic carbocycles. The number of aromatic nitrogens is 1. The Bertz CT molecular complexity index is 1180. The van der Waals surface area contributed by atoms with Gasteiger partial charge in [-0.3, -0.25) is 0 Å². The number of fused-ring (bicyclic) bond motifs is 1. The molecule has 2 aliphatic heterocycles. The molecule has 0 saturated carbocycles. The van der Waals surface area contributed by atoms with Crippen molar-refractivity contribution >= 4 is 17.5 Å². The Morgan fingerprint density at radius 2 is 1.76 bits per heavy atom. The summed E-state index contributed by atoms with van der Waals surface area (Å²) in [7, 11) is 0. The first-order valence-corrected chi connectivity index (χ1v) is 11.3. The van der Waals surface area contributed by atoms with Crippen LogP contribution in [-0.2, 0) is 6.54 Å². The Labute approximate surface area is 197 Å². The van der Waals surface area contributed by atoms with Crippen molar-refractivity contribution in [2.45, 2.75) is 13.0 Å². The second-order valence-corrected chi connectivity index (χ2v) is 8.21. The minimum absolute atomic E-state index is 0.261. The monoisotopic (exact) mass is 461 g/mol. The van der Waals surface area contributed by atoms with Crippen molar-refractivity contribution in [2.24, 2.45) is 0 Å². The highest BCUT2D eigenvalue weighted by Gasteiger charge is 2.18. The van der Waals surface area contributed by atoms with Crippen molar-refractivity contribution in [3.8, 4) is 22.8 Å². The number of benzene rings is 2. The summed E-state index contributed by atoms with van der Waals surface area (Å²) in [6.07, 6.45) is 13.2. The molecule has 0 spiro atoms. The number of allylic oxidation sites excluding steroid dienone is 4. The average Bonchev–Trinajstić information content (AvgIpc) is 3.43. The van der Waals surface area contributed by atoms with Crippen molar-refractivity contribution in [3.05, 3.63) is 95.8 Å². The zero-order valence-corrected chi connectivity index (χ0v) is 18.8. The lowest BCUT2D eigenvalue weighted by Gasteiger charge is -2.23. The number of anilines is 1. The molecule has 168 valence electrons. The van der Waals surface area contributed by atoms with Crippen LogP contribution in [0.15, 0.2) is 89.8 Å². The molecule has 33 heavy (non-hydrogen) atoms. The maximum absolute atomic E-state index is 6.37. The summed E-state index contributed by atoms with van der Waals surface area (Å²) in [5.41, 5.74) is 2.67. The number of ether oxygens (including phenoxy) is 2. The van der Waals surface area contributed by atoms with E-state index in [4.69, 9.17) is 25.6 Å². The number of nitrogens with zero attached hydrogens (tertiary/aromatic N) is 3. The van der Waals surface area contributed by atoms with Crippen molar-refractivity contribution in [2.75, 3.05) is 24.8 Å². The van der Waals surface area contributed by atoms with E-state index in [1.165, 1.54) is 0 Å². The molecule has 0 amide bonds. The van der Waals surface area contributed by atoms with Crippen LogP contribution < -0.4 is 14.4 Å².